The maximum atomic E-state index is 15.1. The van der Waals surface area contributed by atoms with Gasteiger partial charge in [0.1, 0.15) is 42.2 Å². The largest absolute Gasteiger partial charge is 0.490 e. The summed E-state index contributed by atoms with van der Waals surface area (Å²) >= 11 is 0. The zero-order valence-electron chi connectivity index (χ0n) is 35.5. The number of nitrogens with one attached hydrogen (secondary N) is 3. The van der Waals surface area contributed by atoms with Gasteiger partial charge >= 0.3 is 6.09 Å². The fourth-order valence-electron chi connectivity index (χ4n) is 10.1. The van der Waals surface area contributed by atoms with Crippen LogP contribution in [-0.4, -0.2) is 100 Å². The molecule has 17 heteroatoms. The number of ether oxygens (including phenoxy) is 3. The summed E-state index contributed by atoms with van der Waals surface area (Å²) in [5.41, 5.74) is -0.200. The van der Waals surface area contributed by atoms with Gasteiger partial charge in [-0.15, -0.1) is 6.58 Å². The second kappa shape index (κ2) is 18.0. The Kier molecular flexibility index (Phi) is 12.2. The summed E-state index contributed by atoms with van der Waals surface area (Å²) < 4.78 is 49.3. The molecule has 2 bridgehead atoms. The minimum absolute atomic E-state index is 0.0268. The van der Waals surface area contributed by atoms with E-state index in [0.717, 1.165) is 55.9 Å². The standard InChI is InChI=1S/C46H57N7O9S/c1-2-31-27-46(31,44(56)51-63(58,59)33-20-21-33)50-41(54)37-26-32-28-53(37)43(55)39(30-13-6-7-14-30)49-45(57)62-38-19-10-15-29(38)12-4-3-5-17-35-40(60-25-24-52-23-11-22-47-52)34-16-8-9-18-36(34)48-42(35)61-32/h2-3,5,8-9,11,16,18,22-23,29-33,37-39H,1,4,6-7,10,12-15,17,19-21,24-28H2,(H,49,57)(H,50,54)(H,51,56)/t29-,31-,32-,37+,38-,39+,46-/m1/s1. The van der Waals surface area contributed by atoms with Crippen LogP contribution < -0.4 is 24.8 Å². The van der Waals surface area contributed by atoms with Crippen molar-refractivity contribution in [1.29, 1.82) is 0 Å². The van der Waals surface area contributed by atoms with E-state index in [9.17, 15) is 22.8 Å². The van der Waals surface area contributed by atoms with Crippen molar-refractivity contribution < 1.29 is 41.8 Å². The van der Waals surface area contributed by atoms with Crippen LogP contribution in [-0.2, 0) is 42.1 Å². The van der Waals surface area contributed by atoms with Gasteiger partial charge < -0.3 is 29.7 Å². The van der Waals surface area contributed by atoms with Crippen LogP contribution in [0, 0.1) is 17.8 Å². The van der Waals surface area contributed by atoms with Crippen LogP contribution in [0.5, 0.6) is 11.6 Å². The molecule has 16 nitrogen and oxygen atoms in total. The van der Waals surface area contributed by atoms with Crippen molar-refractivity contribution in [1.82, 2.24) is 35.0 Å². The number of fused-ring (bicyclic) bond motifs is 5. The molecule has 1 aromatic carbocycles. The topological polar surface area (TPSA) is 200 Å². The molecule has 4 saturated carbocycles. The van der Waals surface area contributed by atoms with Crippen LogP contribution in [0.25, 0.3) is 10.9 Å². The molecule has 0 radical (unpaired) electrons. The molecule has 5 fully saturated rings. The quantitative estimate of drug-likeness (QED) is 0.222. The minimum atomic E-state index is -3.92. The maximum Gasteiger partial charge on any atom is 0.408 e. The van der Waals surface area contributed by atoms with Gasteiger partial charge in [0, 0.05) is 30.1 Å². The lowest BCUT2D eigenvalue weighted by molar-refractivity contribution is -0.142. The van der Waals surface area contributed by atoms with Crippen LogP contribution in [0.3, 0.4) is 0 Å². The molecule has 2 aliphatic heterocycles. The average Bonchev–Trinajstić information content (AvgIpc) is 3.85. The van der Waals surface area contributed by atoms with Gasteiger partial charge in [0.05, 0.1) is 29.4 Å². The number of pyridine rings is 1. The molecule has 6 aliphatic rings. The van der Waals surface area contributed by atoms with Gasteiger partial charge in [-0.1, -0.05) is 43.2 Å². The highest BCUT2D eigenvalue weighted by molar-refractivity contribution is 7.91. The SMILES string of the molecule is C=C[C@@H]1C[C@]1(NC(=O)[C@@H]1C[C@@H]2CN1C(=O)[C@H](C1CCCC1)NC(=O)O[C@@H]1CCC[C@H]1CCC=CCc1c(nc3ccccc3c1OCCn1cccn1)O2)C(=O)NS(=O)(=O)C1CC1. The van der Waals surface area contributed by atoms with Crippen molar-refractivity contribution in [2.24, 2.45) is 17.8 Å². The summed E-state index contributed by atoms with van der Waals surface area (Å²) in [5.74, 6) is -1.52. The first kappa shape index (κ1) is 42.8. The molecule has 7 atom stereocenters. The lowest BCUT2D eigenvalue weighted by Crippen LogP contribution is -2.59. The Morgan fingerprint density at radius 3 is 2.57 bits per heavy atom. The van der Waals surface area contributed by atoms with Gasteiger partial charge in [0.2, 0.25) is 27.7 Å². The number of hydrogen-bond donors (Lipinski definition) is 3. The van der Waals surface area contributed by atoms with Gasteiger partial charge in [-0.05, 0) is 101 Å². The number of allylic oxidation sites excluding steroid dienone is 2. The number of nitrogens with zero attached hydrogens (tertiary/aromatic N) is 4. The molecule has 9 rings (SSSR count). The predicted molar refractivity (Wildman–Crippen MR) is 232 cm³/mol. The van der Waals surface area contributed by atoms with Gasteiger partial charge in [0.15, 0.2) is 0 Å². The second-order valence-corrected chi connectivity index (χ2v) is 20.0. The Bertz CT molecular complexity index is 2360. The van der Waals surface area contributed by atoms with Crippen molar-refractivity contribution in [3.05, 3.63) is 73.1 Å². The Morgan fingerprint density at radius 2 is 1.81 bits per heavy atom. The number of para-hydroxylation sites is 1. The van der Waals surface area contributed by atoms with E-state index in [1.54, 1.807) is 10.9 Å². The number of sulfonamides is 1. The summed E-state index contributed by atoms with van der Waals surface area (Å²) in [5, 5.41) is 10.3. The van der Waals surface area contributed by atoms with E-state index in [1.807, 2.05) is 36.5 Å². The van der Waals surface area contributed by atoms with Crippen LogP contribution in [0.2, 0.25) is 0 Å². The number of rotatable bonds is 11. The highest BCUT2D eigenvalue weighted by atomic mass is 32.2. The fraction of sp³-hybridized carbons (Fsp3) is 0.565. The average molecular weight is 884 g/mol. The Balaban J connectivity index is 1.07. The molecular weight excluding hydrogens is 827 g/mol. The molecular formula is C46H57N7O9S. The maximum absolute atomic E-state index is 15.1. The van der Waals surface area contributed by atoms with Gasteiger partial charge in [-0.3, -0.25) is 23.8 Å². The number of aromatic nitrogens is 3. The van der Waals surface area contributed by atoms with E-state index in [2.05, 4.69) is 39.2 Å². The van der Waals surface area contributed by atoms with Crippen LogP contribution in [0.15, 0.2) is 67.5 Å². The third kappa shape index (κ3) is 9.16. The highest BCUT2D eigenvalue weighted by Crippen LogP contribution is 2.46. The summed E-state index contributed by atoms with van der Waals surface area (Å²) in [6, 6.07) is 7.42. The first-order valence-corrected chi connectivity index (χ1v) is 24.2. The molecule has 63 heavy (non-hydrogen) atoms. The Morgan fingerprint density at radius 1 is 1.00 bits per heavy atom. The number of alkyl carbamates (subject to hydrolysis) is 1. The molecule has 0 unspecified atom stereocenters. The van der Waals surface area contributed by atoms with Crippen LogP contribution in [0.1, 0.15) is 89.0 Å². The number of amides is 4. The number of hydrogen-bond acceptors (Lipinski definition) is 11. The molecule has 4 aliphatic carbocycles. The van der Waals surface area contributed by atoms with Crippen molar-refractivity contribution in [3.63, 3.8) is 0 Å². The van der Waals surface area contributed by atoms with Gasteiger partial charge in [-0.25, -0.2) is 18.2 Å². The summed E-state index contributed by atoms with van der Waals surface area (Å²) in [6.45, 7) is 4.64. The highest BCUT2D eigenvalue weighted by Gasteiger charge is 2.62. The number of benzene rings is 1. The summed E-state index contributed by atoms with van der Waals surface area (Å²) in [7, 11) is -3.92. The van der Waals surface area contributed by atoms with E-state index < -0.39 is 68.7 Å². The van der Waals surface area contributed by atoms with Crippen LogP contribution >= 0.6 is 0 Å². The lowest BCUT2D eigenvalue weighted by Gasteiger charge is -2.32. The molecule has 3 aromatic rings. The van der Waals surface area contributed by atoms with E-state index in [0.29, 0.717) is 62.4 Å². The Labute approximate surface area is 367 Å². The predicted octanol–water partition coefficient (Wildman–Crippen LogP) is 4.87. The van der Waals surface area contributed by atoms with Crippen molar-refractivity contribution in [2.75, 3.05) is 13.2 Å². The molecule has 1 saturated heterocycles. The zero-order valence-corrected chi connectivity index (χ0v) is 36.3. The van der Waals surface area contributed by atoms with E-state index in [4.69, 9.17) is 19.2 Å². The molecule has 3 N–H and O–H groups in total. The fourth-order valence-corrected chi connectivity index (χ4v) is 11.5. The molecule has 4 amide bonds. The van der Waals surface area contributed by atoms with Crippen molar-refractivity contribution >= 4 is 44.7 Å². The van der Waals surface area contributed by atoms with Gasteiger partial charge in [0.25, 0.3) is 5.91 Å². The van der Waals surface area contributed by atoms with Crippen molar-refractivity contribution in [2.45, 2.75) is 132 Å². The van der Waals surface area contributed by atoms with E-state index in [1.165, 1.54) is 11.0 Å². The minimum Gasteiger partial charge on any atom is -0.490 e. The zero-order chi connectivity index (χ0) is 43.7. The third-order valence-corrected chi connectivity index (χ3v) is 15.7. The Hall–Kier alpha value is -5.45. The van der Waals surface area contributed by atoms with Gasteiger partial charge in [-0.2, -0.15) is 5.10 Å². The lowest BCUT2D eigenvalue weighted by atomic mass is 9.96. The van der Waals surface area contributed by atoms with Crippen LogP contribution in [0.4, 0.5) is 4.79 Å². The second-order valence-electron chi connectivity index (χ2n) is 18.1. The molecule has 4 heterocycles. The molecule has 0 spiro atoms. The normalized spacial score (nSPS) is 29.0. The smallest absolute Gasteiger partial charge is 0.408 e. The molecule has 2 aromatic heterocycles. The van der Waals surface area contributed by atoms with Crippen molar-refractivity contribution in [3.8, 4) is 11.6 Å². The first-order chi connectivity index (χ1) is 30.5. The third-order valence-electron chi connectivity index (χ3n) is 13.9. The summed E-state index contributed by atoms with van der Waals surface area (Å²) in [4.78, 5) is 63.7. The first-order valence-electron chi connectivity index (χ1n) is 22.6. The van der Waals surface area contributed by atoms with E-state index >= 15 is 4.79 Å². The summed E-state index contributed by atoms with van der Waals surface area (Å²) in [6.07, 6.45) is 16.6. The number of carbonyl (C=O) groups excluding carboxylic acids is 4. The van der Waals surface area contributed by atoms with E-state index in [-0.39, 0.29) is 37.3 Å². The monoisotopic (exact) mass is 883 g/mol. The number of carbonyl (C=O) groups is 4. The molecule has 336 valence electrons.